The van der Waals surface area contributed by atoms with Crippen LogP contribution in [-0.2, 0) is 6.54 Å². The van der Waals surface area contributed by atoms with Crippen molar-refractivity contribution in [2.45, 2.75) is 26.3 Å². The third-order valence-electron chi connectivity index (χ3n) is 3.30. The second-order valence-corrected chi connectivity index (χ2v) is 4.74. The minimum absolute atomic E-state index is 0.240. The van der Waals surface area contributed by atoms with Gasteiger partial charge in [0.25, 0.3) is 0 Å². The molecule has 0 saturated heterocycles. The Hall–Kier alpha value is -2.30. The van der Waals surface area contributed by atoms with Gasteiger partial charge in [0, 0.05) is 18.3 Å². The molecule has 0 saturated carbocycles. The fourth-order valence-electron chi connectivity index (χ4n) is 2.23. The zero-order valence-corrected chi connectivity index (χ0v) is 11.3. The molecule has 3 rings (SSSR count). The van der Waals surface area contributed by atoms with E-state index in [2.05, 4.69) is 12.0 Å². The summed E-state index contributed by atoms with van der Waals surface area (Å²) < 4.78 is 12.5. The minimum atomic E-state index is 0.240. The van der Waals surface area contributed by atoms with E-state index < -0.39 is 0 Å². The maximum atomic E-state index is 11.2. The van der Waals surface area contributed by atoms with Crippen LogP contribution in [0.5, 0.6) is 11.5 Å². The van der Waals surface area contributed by atoms with E-state index in [9.17, 15) is 4.79 Å². The van der Waals surface area contributed by atoms with E-state index in [0.29, 0.717) is 17.0 Å². The number of carbonyl (C=O) groups excluding carboxylic acids is 1. The first-order valence-electron chi connectivity index (χ1n) is 6.74. The van der Waals surface area contributed by atoms with E-state index in [1.165, 1.54) is 0 Å². The molecule has 20 heavy (non-hydrogen) atoms. The molecule has 0 bridgehead atoms. The van der Waals surface area contributed by atoms with Gasteiger partial charge in [-0.25, -0.2) is 0 Å². The van der Waals surface area contributed by atoms with Crippen molar-refractivity contribution in [3.8, 4) is 22.8 Å². The first kappa shape index (κ1) is 12.7. The molecule has 5 heteroatoms. The molecule has 2 aromatic rings. The number of aryl methyl sites for hydroxylation is 1. The largest absolute Gasteiger partial charge is 0.454 e. The molecule has 1 aromatic heterocycles. The third kappa shape index (κ3) is 2.27. The van der Waals surface area contributed by atoms with Crippen molar-refractivity contribution in [1.29, 1.82) is 0 Å². The Kier molecular flexibility index (Phi) is 3.41. The Balaban J connectivity index is 1.96. The van der Waals surface area contributed by atoms with Crippen LogP contribution < -0.4 is 9.47 Å². The molecule has 5 nitrogen and oxygen atoms in total. The highest BCUT2D eigenvalue weighted by molar-refractivity contribution is 5.85. The van der Waals surface area contributed by atoms with Crippen LogP contribution >= 0.6 is 0 Å². The van der Waals surface area contributed by atoms with Gasteiger partial charge in [0.15, 0.2) is 17.8 Å². The van der Waals surface area contributed by atoms with Crippen LogP contribution in [0.3, 0.4) is 0 Å². The normalized spacial score (nSPS) is 12.7. The highest BCUT2D eigenvalue weighted by atomic mass is 16.7. The fraction of sp³-hybridized carbons (Fsp3) is 0.333. The second kappa shape index (κ2) is 5.36. The highest BCUT2D eigenvalue weighted by Gasteiger charge is 2.17. The molecule has 2 heterocycles. The van der Waals surface area contributed by atoms with Crippen LogP contribution in [-0.4, -0.2) is 22.9 Å². The van der Waals surface area contributed by atoms with Crippen molar-refractivity contribution in [2.24, 2.45) is 0 Å². The first-order chi connectivity index (χ1) is 9.81. The van der Waals surface area contributed by atoms with Crippen molar-refractivity contribution in [1.82, 2.24) is 9.78 Å². The summed E-state index contributed by atoms with van der Waals surface area (Å²) in [5.41, 5.74) is 2.15. The third-order valence-corrected chi connectivity index (χ3v) is 3.30. The molecule has 0 radical (unpaired) electrons. The monoisotopic (exact) mass is 272 g/mol. The number of hydrogen-bond donors (Lipinski definition) is 0. The Morgan fingerprint density at radius 2 is 2.20 bits per heavy atom. The van der Waals surface area contributed by atoms with Crippen molar-refractivity contribution >= 4 is 6.29 Å². The van der Waals surface area contributed by atoms with Crippen molar-refractivity contribution < 1.29 is 14.3 Å². The van der Waals surface area contributed by atoms with E-state index in [0.717, 1.165) is 37.0 Å². The number of unbranched alkanes of at least 4 members (excludes halogenated alkanes) is 1. The number of hydrogen-bond acceptors (Lipinski definition) is 4. The molecule has 0 atom stereocenters. The summed E-state index contributed by atoms with van der Waals surface area (Å²) in [7, 11) is 0. The van der Waals surface area contributed by atoms with Crippen LogP contribution in [0.15, 0.2) is 24.4 Å². The topological polar surface area (TPSA) is 53.4 Å². The zero-order chi connectivity index (χ0) is 13.9. The number of fused-ring (bicyclic) bond motifs is 1. The lowest BCUT2D eigenvalue weighted by atomic mass is 10.1. The number of nitrogens with zero attached hydrogens (tertiary/aromatic N) is 2. The summed E-state index contributed by atoms with van der Waals surface area (Å²) in [6, 6.07) is 5.60. The van der Waals surface area contributed by atoms with E-state index in [1.807, 2.05) is 22.9 Å². The summed E-state index contributed by atoms with van der Waals surface area (Å²) in [6.07, 6.45) is 4.77. The van der Waals surface area contributed by atoms with Crippen LogP contribution in [0.4, 0.5) is 0 Å². The lowest BCUT2D eigenvalue weighted by Crippen LogP contribution is -1.97. The number of ether oxygens (including phenoxy) is 2. The smallest absolute Gasteiger partial charge is 0.231 e. The van der Waals surface area contributed by atoms with Crippen LogP contribution in [0.1, 0.15) is 30.1 Å². The molecular formula is C15H16N2O3. The number of benzene rings is 1. The number of rotatable bonds is 5. The van der Waals surface area contributed by atoms with Crippen LogP contribution in [0, 0.1) is 0 Å². The molecule has 0 fully saturated rings. The summed E-state index contributed by atoms with van der Waals surface area (Å²) in [5.74, 6) is 1.43. The number of aromatic nitrogens is 2. The van der Waals surface area contributed by atoms with Gasteiger partial charge in [0.05, 0.1) is 5.56 Å². The van der Waals surface area contributed by atoms with Crippen LogP contribution in [0.25, 0.3) is 11.3 Å². The summed E-state index contributed by atoms with van der Waals surface area (Å²) in [5, 5.41) is 4.50. The molecule has 0 N–H and O–H groups in total. The zero-order valence-electron chi connectivity index (χ0n) is 11.3. The molecule has 0 unspecified atom stereocenters. The quantitative estimate of drug-likeness (QED) is 0.785. The molecule has 104 valence electrons. The lowest BCUT2D eigenvalue weighted by Gasteiger charge is -2.01. The van der Waals surface area contributed by atoms with E-state index >= 15 is 0 Å². The molecule has 0 aliphatic carbocycles. The Morgan fingerprint density at radius 1 is 1.35 bits per heavy atom. The summed E-state index contributed by atoms with van der Waals surface area (Å²) in [4.78, 5) is 11.2. The van der Waals surface area contributed by atoms with Crippen molar-refractivity contribution in [3.63, 3.8) is 0 Å². The predicted molar refractivity (Wildman–Crippen MR) is 74.1 cm³/mol. The van der Waals surface area contributed by atoms with Crippen molar-refractivity contribution in [3.05, 3.63) is 30.0 Å². The standard InChI is InChI=1S/C15H16N2O3/c1-2-3-6-17-8-12(9-18)15(16-17)11-4-5-13-14(7-11)20-10-19-13/h4-5,7-9H,2-3,6,10H2,1H3. The van der Waals surface area contributed by atoms with Gasteiger partial charge in [-0.2, -0.15) is 5.10 Å². The molecule has 0 amide bonds. The van der Waals surface area contributed by atoms with Crippen LogP contribution in [0.2, 0.25) is 0 Å². The van der Waals surface area contributed by atoms with Crippen molar-refractivity contribution in [2.75, 3.05) is 6.79 Å². The fourth-order valence-corrected chi connectivity index (χ4v) is 2.23. The second-order valence-electron chi connectivity index (χ2n) is 4.74. The van der Waals surface area contributed by atoms with Gasteiger partial charge in [-0.3, -0.25) is 9.48 Å². The summed E-state index contributed by atoms with van der Waals surface area (Å²) in [6.45, 7) is 3.19. The molecule has 1 aromatic carbocycles. The van der Waals surface area contributed by atoms with E-state index in [1.54, 1.807) is 6.20 Å². The first-order valence-corrected chi connectivity index (χ1v) is 6.74. The Bertz CT molecular complexity index is 634. The molecule has 1 aliphatic rings. The van der Waals surface area contributed by atoms with E-state index in [4.69, 9.17) is 9.47 Å². The number of carbonyl (C=O) groups is 1. The van der Waals surface area contributed by atoms with Gasteiger partial charge >= 0.3 is 0 Å². The molecule has 0 spiro atoms. The lowest BCUT2D eigenvalue weighted by molar-refractivity contribution is 0.112. The average molecular weight is 272 g/mol. The minimum Gasteiger partial charge on any atom is -0.454 e. The average Bonchev–Trinajstić information content (AvgIpc) is 3.10. The predicted octanol–water partition coefficient (Wildman–Crippen LogP) is 2.89. The Morgan fingerprint density at radius 3 is 3.00 bits per heavy atom. The maximum Gasteiger partial charge on any atom is 0.231 e. The molecular weight excluding hydrogens is 256 g/mol. The highest BCUT2D eigenvalue weighted by Crippen LogP contribution is 2.36. The van der Waals surface area contributed by atoms with Gasteiger partial charge in [-0.05, 0) is 24.6 Å². The maximum absolute atomic E-state index is 11.2. The van der Waals surface area contributed by atoms with Gasteiger partial charge in [0.2, 0.25) is 6.79 Å². The summed E-state index contributed by atoms with van der Waals surface area (Å²) >= 11 is 0. The van der Waals surface area contributed by atoms with Gasteiger partial charge in [-0.1, -0.05) is 13.3 Å². The SMILES string of the molecule is CCCCn1cc(C=O)c(-c2ccc3c(c2)OCO3)n1. The van der Waals surface area contributed by atoms with Gasteiger partial charge in [-0.15, -0.1) is 0 Å². The number of aldehydes is 1. The van der Waals surface area contributed by atoms with Gasteiger partial charge in [0.1, 0.15) is 5.69 Å². The Labute approximate surface area is 117 Å². The molecule has 1 aliphatic heterocycles. The van der Waals surface area contributed by atoms with Gasteiger partial charge < -0.3 is 9.47 Å². The van der Waals surface area contributed by atoms with E-state index in [-0.39, 0.29) is 6.79 Å².